The minimum absolute atomic E-state index is 0.145. The van der Waals surface area contributed by atoms with Crippen molar-refractivity contribution in [3.8, 4) is 0 Å². The summed E-state index contributed by atoms with van der Waals surface area (Å²) in [7, 11) is 0. The Morgan fingerprint density at radius 3 is 3.23 bits per heavy atom. The van der Waals surface area contributed by atoms with Crippen LogP contribution >= 0.6 is 0 Å². The molecule has 0 aromatic heterocycles. The molecule has 1 atom stereocenters. The zero-order chi connectivity index (χ0) is 9.10. The molecule has 0 radical (unpaired) electrons. The number of carbonyl (C=O) groups is 1. The van der Waals surface area contributed by atoms with Gasteiger partial charge in [0.15, 0.2) is 0 Å². The van der Waals surface area contributed by atoms with E-state index in [0.29, 0.717) is 0 Å². The van der Waals surface area contributed by atoms with Gasteiger partial charge in [-0.2, -0.15) is 0 Å². The van der Waals surface area contributed by atoms with E-state index in [-0.39, 0.29) is 6.04 Å². The maximum atomic E-state index is 10.8. The molecule has 2 aliphatic heterocycles. The molecule has 2 rings (SSSR count). The van der Waals surface area contributed by atoms with Crippen molar-refractivity contribution in [1.29, 1.82) is 0 Å². The molecular formula is C10H16N2O. The van der Waals surface area contributed by atoms with Gasteiger partial charge >= 0.3 is 0 Å². The van der Waals surface area contributed by atoms with Crippen molar-refractivity contribution >= 4 is 6.29 Å². The van der Waals surface area contributed by atoms with Crippen molar-refractivity contribution in [3.05, 3.63) is 11.8 Å². The molecule has 0 spiro atoms. The van der Waals surface area contributed by atoms with Crippen LogP contribution in [0.15, 0.2) is 11.8 Å². The summed E-state index contributed by atoms with van der Waals surface area (Å²) in [6, 6.07) is 0.145. The molecule has 3 nitrogen and oxygen atoms in total. The van der Waals surface area contributed by atoms with Crippen molar-refractivity contribution in [3.63, 3.8) is 0 Å². The fourth-order valence-corrected chi connectivity index (χ4v) is 2.14. The van der Waals surface area contributed by atoms with E-state index < -0.39 is 0 Å². The molecule has 2 aliphatic rings. The molecule has 0 aromatic carbocycles. The van der Waals surface area contributed by atoms with Gasteiger partial charge in [-0.3, -0.25) is 0 Å². The lowest BCUT2D eigenvalue weighted by Crippen LogP contribution is -2.36. The van der Waals surface area contributed by atoms with Gasteiger partial charge in [-0.15, -0.1) is 0 Å². The van der Waals surface area contributed by atoms with Crippen molar-refractivity contribution in [1.82, 2.24) is 10.2 Å². The van der Waals surface area contributed by atoms with E-state index in [1.807, 2.05) is 0 Å². The van der Waals surface area contributed by atoms with Crippen molar-refractivity contribution in [2.75, 3.05) is 19.6 Å². The summed E-state index contributed by atoms with van der Waals surface area (Å²) in [6.07, 6.45) is 6.62. The van der Waals surface area contributed by atoms with Gasteiger partial charge in [-0.1, -0.05) is 6.08 Å². The van der Waals surface area contributed by atoms with Crippen LogP contribution in [0.25, 0.3) is 0 Å². The lowest BCUT2D eigenvalue weighted by Gasteiger charge is -2.28. The Balaban J connectivity index is 2.05. The summed E-state index contributed by atoms with van der Waals surface area (Å²) in [6.45, 7) is 3.06. The highest BCUT2D eigenvalue weighted by atomic mass is 16.1. The summed E-state index contributed by atoms with van der Waals surface area (Å²) in [5.41, 5.74) is 1.32. The predicted molar refractivity (Wildman–Crippen MR) is 51.4 cm³/mol. The van der Waals surface area contributed by atoms with Gasteiger partial charge in [-0.25, -0.2) is 0 Å². The van der Waals surface area contributed by atoms with Crippen molar-refractivity contribution in [2.45, 2.75) is 25.3 Å². The zero-order valence-electron chi connectivity index (χ0n) is 7.83. The smallest absolute Gasteiger partial charge is 0.142 e. The molecule has 2 heterocycles. The number of nitrogens with one attached hydrogen (secondary N) is 1. The highest BCUT2D eigenvalue weighted by Gasteiger charge is 2.25. The molecule has 1 N–H and O–H groups in total. The highest BCUT2D eigenvalue weighted by Crippen LogP contribution is 2.21. The topological polar surface area (TPSA) is 32.3 Å². The first kappa shape index (κ1) is 8.75. The van der Waals surface area contributed by atoms with Crippen LogP contribution in [0.2, 0.25) is 0 Å². The predicted octanol–water partition coefficient (Wildman–Crippen LogP) is 0.527. The van der Waals surface area contributed by atoms with Gasteiger partial charge in [-0.05, 0) is 25.8 Å². The van der Waals surface area contributed by atoms with Crippen molar-refractivity contribution < 1.29 is 4.79 Å². The number of likely N-dealkylation sites (tertiary alicyclic amines) is 1. The monoisotopic (exact) mass is 180 g/mol. The van der Waals surface area contributed by atoms with Gasteiger partial charge in [0.05, 0.1) is 6.04 Å². The number of rotatable bonds is 2. The average molecular weight is 180 g/mol. The Bertz CT molecular complexity index is 225. The van der Waals surface area contributed by atoms with Crippen LogP contribution in [0.4, 0.5) is 0 Å². The zero-order valence-corrected chi connectivity index (χ0v) is 7.83. The molecule has 0 saturated carbocycles. The lowest BCUT2D eigenvalue weighted by molar-refractivity contribution is -0.111. The fourth-order valence-electron chi connectivity index (χ4n) is 2.14. The van der Waals surface area contributed by atoms with Crippen LogP contribution in [0.1, 0.15) is 19.3 Å². The van der Waals surface area contributed by atoms with E-state index in [1.165, 1.54) is 5.70 Å². The van der Waals surface area contributed by atoms with Crippen LogP contribution in [-0.4, -0.2) is 36.9 Å². The van der Waals surface area contributed by atoms with E-state index in [1.54, 1.807) is 0 Å². The molecule has 72 valence electrons. The third-order valence-electron chi connectivity index (χ3n) is 2.83. The van der Waals surface area contributed by atoms with E-state index in [2.05, 4.69) is 16.3 Å². The molecule has 0 bridgehead atoms. The Morgan fingerprint density at radius 2 is 2.54 bits per heavy atom. The average Bonchev–Trinajstić information content (AvgIpc) is 2.67. The second-order valence-electron chi connectivity index (χ2n) is 3.70. The normalized spacial score (nSPS) is 28.8. The molecule has 1 unspecified atom stereocenters. The van der Waals surface area contributed by atoms with Crippen LogP contribution in [0, 0.1) is 0 Å². The van der Waals surface area contributed by atoms with Crippen LogP contribution in [0.3, 0.4) is 0 Å². The first-order valence-corrected chi connectivity index (χ1v) is 5.03. The molecule has 1 saturated heterocycles. The van der Waals surface area contributed by atoms with Gasteiger partial charge < -0.3 is 15.0 Å². The van der Waals surface area contributed by atoms with Crippen LogP contribution in [-0.2, 0) is 4.79 Å². The maximum Gasteiger partial charge on any atom is 0.142 e. The van der Waals surface area contributed by atoms with E-state index in [0.717, 1.165) is 45.2 Å². The number of hydrogen-bond acceptors (Lipinski definition) is 3. The molecule has 0 aliphatic carbocycles. The Kier molecular flexibility index (Phi) is 2.64. The quantitative estimate of drug-likeness (QED) is 0.629. The van der Waals surface area contributed by atoms with Gasteiger partial charge in [0.2, 0.25) is 0 Å². The minimum Gasteiger partial charge on any atom is -0.364 e. The summed E-state index contributed by atoms with van der Waals surface area (Å²) < 4.78 is 0. The molecule has 1 fully saturated rings. The van der Waals surface area contributed by atoms with Gasteiger partial charge in [0.25, 0.3) is 0 Å². The molecular weight excluding hydrogens is 164 g/mol. The number of nitrogens with zero attached hydrogens (tertiary/aromatic N) is 1. The SMILES string of the molecule is O=CC1CCCN1C1=CCCNC1. The molecule has 13 heavy (non-hydrogen) atoms. The number of carbonyl (C=O) groups excluding carboxylic acids is 1. The summed E-state index contributed by atoms with van der Waals surface area (Å²) in [5.74, 6) is 0. The van der Waals surface area contributed by atoms with E-state index >= 15 is 0 Å². The first-order valence-electron chi connectivity index (χ1n) is 5.03. The minimum atomic E-state index is 0.145. The van der Waals surface area contributed by atoms with Crippen LogP contribution in [0.5, 0.6) is 0 Å². The van der Waals surface area contributed by atoms with Crippen molar-refractivity contribution in [2.24, 2.45) is 0 Å². The highest BCUT2D eigenvalue weighted by molar-refractivity contribution is 5.58. The molecule has 0 aromatic rings. The largest absolute Gasteiger partial charge is 0.364 e. The second kappa shape index (κ2) is 3.92. The van der Waals surface area contributed by atoms with E-state index in [9.17, 15) is 4.79 Å². The third kappa shape index (κ3) is 1.75. The van der Waals surface area contributed by atoms with Gasteiger partial charge in [0, 0.05) is 18.8 Å². The number of hydrogen-bond donors (Lipinski definition) is 1. The summed E-state index contributed by atoms with van der Waals surface area (Å²) in [4.78, 5) is 13.0. The second-order valence-corrected chi connectivity index (χ2v) is 3.70. The van der Waals surface area contributed by atoms with E-state index in [4.69, 9.17) is 0 Å². The Labute approximate surface area is 78.8 Å². The number of aldehydes is 1. The molecule has 0 amide bonds. The lowest BCUT2D eigenvalue weighted by atomic mass is 10.2. The Morgan fingerprint density at radius 1 is 1.62 bits per heavy atom. The summed E-state index contributed by atoms with van der Waals surface area (Å²) >= 11 is 0. The third-order valence-corrected chi connectivity index (χ3v) is 2.83. The van der Waals surface area contributed by atoms with Gasteiger partial charge in [0.1, 0.15) is 6.29 Å². The summed E-state index contributed by atoms with van der Waals surface area (Å²) in [5, 5.41) is 3.33. The van der Waals surface area contributed by atoms with Crippen LogP contribution < -0.4 is 5.32 Å². The Hall–Kier alpha value is -0.830. The fraction of sp³-hybridized carbons (Fsp3) is 0.700. The molecule has 3 heteroatoms. The maximum absolute atomic E-state index is 10.8. The first-order chi connectivity index (χ1) is 6.42. The standard InChI is InChI=1S/C10H16N2O/c13-8-10-4-2-6-12(10)9-3-1-5-11-7-9/h3,8,10-11H,1-2,4-7H2.